The Morgan fingerprint density at radius 2 is 2.26 bits per heavy atom. The topological polar surface area (TPSA) is 79.5 Å². The van der Waals surface area contributed by atoms with E-state index in [4.69, 9.17) is 4.74 Å². The SMILES string of the molecule is CNCCCNC(=O)c1ccc2c(c1)NC(=O)CO2. The van der Waals surface area contributed by atoms with Gasteiger partial charge in [0.1, 0.15) is 5.75 Å². The number of amides is 2. The average Bonchev–Trinajstić information content (AvgIpc) is 2.42. The Morgan fingerprint density at radius 1 is 1.42 bits per heavy atom. The number of nitrogens with one attached hydrogen (secondary N) is 3. The average molecular weight is 263 g/mol. The molecule has 1 aliphatic heterocycles. The van der Waals surface area contributed by atoms with Crippen molar-refractivity contribution >= 4 is 17.5 Å². The summed E-state index contributed by atoms with van der Waals surface area (Å²) in [6, 6.07) is 5.00. The molecule has 6 heteroatoms. The minimum absolute atomic E-state index is 0.0164. The van der Waals surface area contributed by atoms with Gasteiger partial charge in [0.05, 0.1) is 5.69 Å². The largest absolute Gasteiger partial charge is 0.482 e. The molecule has 0 radical (unpaired) electrons. The van der Waals surface area contributed by atoms with Crippen molar-refractivity contribution in [1.29, 1.82) is 0 Å². The van der Waals surface area contributed by atoms with Gasteiger partial charge in [0.15, 0.2) is 6.61 Å². The maximum Gasteiger partial charge on any atom is 0.262 e. The van der Waals surface area contributed by atoms with Gasteiger partial charge in [-0.25, -0.2) is 0 Å². The molecule has 0 aromatic heterocycles. The maximum atomic E-state index is 11.9. The Morgan fingerprint density at radius 3 is 3.05 bits per heavy atom. The Labute approximate surface area is 111 Å². The normalized spacial score (nSPS) is 13.2. The van der Waals surface area contributed by atoms with E-state index in [1.165, 1.54) is 0 Å². The van der Waals surface area contributed by atoms with E-state index in [1.807, 2.05) is 7.05 Å². The molecular weight excluding hydrogens is 246 g/mol. The van der Waals surface area contributed by atoms with Gasteiger partial charge in [0.2, 0.25) is 0 Å². The van der Waals surface area contributed by atoms with E-state index >= 15 is 0 Å². The van der Waals surface area contributed by atoms with E-state index in [0.717, 1.165) is 13.0 Å². The summed E-state index contributed by atoms with van der Waals surface area (Å²) in [6.07, 6.45) is 0.868. The maximum absolute atomic E-state index is 11.9. The van der Waals surface area contributed by atoms with Crippen LogP contribution in [0, 0.1) is 0 Å². The number of fused-ring (bicyclic) bond motifs is 1. The van der Waals surface area contributed by atoms with Gasteiger partial charge in [-0.1, -0.05) is 0 Å². The molecule has 102 valence electrons. The number of anilines is 1. The van der Waals surface area contributed by atoms with Crippen LogP contribution in [0.2, 0.25) is 0 Å². The van der Waals surface area contributed by atoms with Gasteiger partial charge in [-0.05, 0) is 38.2 Å². The van der Waals surface area contributed by atoms with Crippen LogP contribution in [-0.2, 0) is 4.79 Å². The van der Waals surface area contributed by atoms with Gasteiger partial charge in [-0.2, -0.15) is 0 Å². The zero-order valence-corrected chi connectivity index (χ0v) is 10.8. The van der Waals surface area contributed by atoms with Crippen LogP contribution >= 0.6 is 0 Å². The zero-order valence-electron chi connectivity index (χ0n) is 10.8. The predicted octanol–water partition coefficient (Wildman–Crippen LogP) is 0.357. The fourth-order valence-corrected chi connectivity index (χ4v) is 1.79. The quantitative estimate of drug-likeness (QED) is 0.670. The predicted molar refractivity (Wildman–Crippen MR) is 71.4 cm³/mol. The number of carbonyl (C=O) groups is 2. The lowest BCUT2D eigenvalue weighted by molar-refractivity contribution is -0.118. The molecule has 0 bridgehead atoms. The molecule has 0 aliphatic carbocycles. The summed E-state index contributed by atoms with van der Waals surface area (Å²) in [4.78, 5) is 23.1. The fraction of sp³-hybridized carbons (Fsp3) is 0.385. The summed E-state index contributed by atoms with van der Waals surface area (Å²) in [5.74, 6) is 0.226. The number of carbonyl (C=O) groups excluding carboxylic acids is 2. The molecule has 2 amide bonds. The smallest absolute Gasteiger partial charge is 0.262 e. The monoisotopic (exact) mass is 263 g/mol. The molecule has 19 heavy (non-hydrogen) atoms. The molecule has 0 fully saturated rings. The third-order valence-electron chi connectivity index (χ3n) is 2.76. The first-order chi connectivity index (χ1) is 9.20. The Balaban J connectivity index is 1.99. The van der Waals surface area contributed by atoms with E-state index in [9.17, 15) is 9.59 Å². The first-order valence-corrected chi connectivity index (χ1v) is 6.20. The summed E-state index contributed by atoms with van der Waals surface area (Å²) in [6.45, 7) is 1.48. The molecule has 1 aliphatic rings. The minimum Gasteiger partial charge on any atom is -0.482 e. The molecule has 3 N–H and O–H groups in total. The number of hydrogen-bond donors (Lipinski definition) is 3. The van der Waals surface area contributed by atoms with Crippen LogP contribution in [0.1, 0.15) is 16.8 Å². The first-order valence-electron chi connectivity index (χ1n) is 6.20. The van der Waals surface area contributed by atoms with Crippen LogP contribution in [0.15, 0.2) is 18.2 Å². The van der Waals surface area contributed by atoms with Gasteiger partial charge in [0, 0.05) is 12.1 Å². The summed E-state index contributed by atoms with van der Waals surface area (Å²) >= 11 is 0. The molecule has 0 saturated heterocycles. The third kappa shape index (κ3) is 3.45. The van der Waals surface area contributed by atoms with Gasteiger partial charge in [-0.3, -0.25) is 9.59 Å². The summed E-state index contributed by atoms with van der Waals surface area (Å²) in [5.41, 5.74) is 1.05. The number of benzene rings is 1. The lowest BCUT2D eigenvalue weighted by atomic mass is 10.1. The van der Waals surface area contributed by atoms with Gasteiger partial charge in [-0.15, -0.1) is 0 Å². The van der Waals surface area contributed by atoms with Gasteiger partial charge in [0.25, 0.3) is 11.8 Å². The Bertz CT molecular complexity index is 488. The standard InChI is InChI=1S/C13H17N3O3/c1-14-5-2-6-15-13(18)9-3-4-11-10(7-9)16-12(17)8-19-11/h3-4,7,14H,2,5-6,8H2,1H3,(H,15,18)(H,16,17). The number of ether oxygens (including phenoxy) is 1. The van der Waals surface area contributed by atoms with Crippen molar-refractivity contribution in [3.63, 3.8) is 0 Å². The number of rotatable bonds is 5. The van der Waals surface area contributed by atoms with Crippen LogP contribution < -0.4 is 20.7 Å². The molecule has 1 heterocycles. The van der Waals surface area contributed by atoms with Crippen LogP contribution in [0.5, 0.6) is 5.75 Å². The first kappa shape index (κ1) is 13.4. The van der Waals surface area contributed by atoms with Crippen molar-refractivity contribution in [2.24, 2.45) is 0 Å². The lowest BCUT2D eigenvalue weighted by Gasteiger charge is -2.18. The fourth-order valence-electron chi connectivity index (χ4n) is 1.79. The highest BCUT2D eigenvalue weighted by Crippen LogP contribution is 2.28. The summed E-state index contributed by atoms with van der Waals surface area (Å²) in [5, 5.41) is 8.51. The van der Waals surface area contributed by atoms with Crippen molar-refractivity contribution in [3.05, 3.63) is 23.8 Å². The summed E-state index contributed by atoms with van der Waals surface area (Å²) < 4.78 is 5.23. The van der Waals surface area contributed by atoms with Crippen LogP contribution in [0.4, 0.5) is 5.69 Å². The highest BCUT2D eigenvalue weighted by molar-refractivity contribution is 5.99. The van der Waals surface area contributed by atoms with E-state index < -0.39 is 0 Å². The van der Waals surface area contributed by atoms with Gasteiger partial charge < -0.3 is 20.7 Å². The second-order valence-electron chi connectivity index (χ2n) is 4.26. The molecule has 0 unspecified atom stereocenters. The molecule has 0 atom stereocenters. The highest BCUT2D eigenvalue weighted by Gasteiger charge is 2.17. The second-order valence-corrected chi connectivity index (χ2v) is 4.26. The molecule has 0 saturated carbocycles. The van der Waals surface area contributed by atoms with Crippen LogP contribution in [0.3, 0.4) is 0 Å². The van der Waals surface area contributed by atoms with Crippen LogP contribution in [0.25, 0.3) is 0 Å². The molecular formula is C13H17N3O3. The van der Waals surface area contributed by atoms with Gasteiger partial charge >= 0.3 is 0 Å². The van der Waals surface area contributed by atoms with Crippen molar-refractivity contribution in [3.8, 4) is 5.75 Å². The van der Waals surface area contributed by atoms with Crippen molar-refractivity contribution in [2.45, 2.75) is 6.42 Å². The molecule has 6 nitrogen and oxygen atoms in total. The molecule has 0 spiro atoms. The highest BCUT2D eigenvalue weighted by atomic mass is 16.5. The third-order valence-corrected chi connectivity index (χ3v) is 2.76. The minimum atomic E-state index is -0.209. The second kappa shape index (κ2) is 6.19. The molecule has 2 rings (SSSR count). The lowest BCUT2D eigenvalue weighted by Crippen LogP contribution is -2.28. The zero-order chi connectivity index (χ0) is 13.7. The Kier molecular flexibility index (Phi) is 4.35. The van der Waals surface area contributed by atoms with E-state index in [0.29, 0.717) is 23.5 Å². The number of hydrogen-bond acceptors (Lipinski definition) is 4. The van der Waals surface area contributed by atoms with E-state index in [-0.39, 0.29) is 18.4 Å². The van der Waals surface area contributed by atoms with Crippen molar-refractivity contribution < 1.29 is 14.3 Å². The molecule has 1 aromatic carbocycles. The van der Waals surface area contributed by atoms with Crippen molar-refractivity contribution in [1.82, 2.24) is 10.6 Å². The Hall–Kier alpha value is -2.08. The molecule has 1 aromatic rings. The van der Waals surface area contributed by atoms with E-state index in [2.05, 4.69) is 16.0 Å². The van der Waals surface area contributed by atoms with Crippen LogP contribution in [-0.4, -0.2) is 38.6 Å². The summed E-state index contributed by atoms with van der Waals surface area (Å²) in [7, 11) is 1.87. The van der Waals surface area contributed by atoms with E-state index in [1.54, 1.807) is 18.2 Å². The van der Waals surface area contributed by atoms with Crippen molar-refractivity contribution in [2.75, 3.05) is 32.1 Å².